The number of hydrogen-bond acceptors (Lipinski definition) is 2. The lowest BCUT2D eigenvalue weighted by Gasteiger charge is -2.12. The van der Waals surface area contributed by atoms with Gasteiger partial charge >= 0.3 is 0 Å². The second-order valence-electron chi connectivity index (χ2n) is 4.35. The number of nitrogens with one attached hydrogen (secondary N) is 1. The van der Waals surface area contributed by atoms with Crippen molar-refractivity contribution in [2.24, 2.45) is 0 Å². The maximum atomic E-state index is 5.76. The molecule has 0 aromatic heterocycles. The van der Waals surface area contributed by atoms with Crippen molar-refractivity contribution in [1.82, 2.24) is 5.32 Å². The molecular formula is C13H19NO. The van der Waals surface area contributed by atoms with Crippen LogP contribution >= 0.6 is 0 Å². The van der Waals surface area contributed by atoms with Crippen molar-refractivity contribution in [2.45, 2.75) is 32.7 Å². The van der Waals surface area contributed by atoms with Gasteiger partial charge in [-0.1, -0.05) is 6.07 Å². The van der Waals surface area contributed by atoms with Gasteiger partial charge in [0, 0.05) is 6.04 Å². The monoisotopic (exact) mass is 205 g/mol. The van der Waals surface area contributed by atoms with E-state index in [4.69, 9.17) is 4.74 Å². The van der Waals surface area contributed by atoms with Crippen LogP contribution in [0, 0.1) is 13.8 Å². The molecule has 1 heterocycles. The van der Waals surface area contributed by atoms with E-state index in [0.717, 1.165) is 18.9 Å². The smallest absolute Gasteiger partial charge is 0.119 e. The summed E-state index contributed by atoms with van der Waals surface area (Å²) >= 11 is 0. The van der Waals surface area contributed by atoms with Crippen LogP contribution in [0.2, 0.25) is 0 Å². The molecule has 1 aliphatic heterocycles. The zero-order chi connectivity index (χ0) is 10.7. The Balaban J connectivity index is 1.90. The van der Waals surface area contributed by atoms with E-state index >= 15 is 0 Å². The van der Waals surface area contributed by atoms with Crippen LogP contribution in [0.5, 0.6) is 5.75 Å². The third-order valence-corrected chi connectivity index (χ3v) is 3.09. The zero-order valence-corrected chi connectivity index (χ0v) is 9.55. The topological polar surface area (TPSA) is 21.3 Å². The van der Waals surface area contributed by atoms with E-state index < -0.39 is 0 Å². The average Bonchev–Trinajstić information content (AvgIpc) is 2.73. The van der Waals surface area contributed by atoms with Gasteiger partial charge in [-0.3, -0.25) is 0 Å². The highest BCUT2D eigenvalue weighted by molar-refractivity contribution is 5.33. The molecule has 2 heteroatoms. The molecule has 0 amide bonds. The lowest BCUT2D eigenvalue weighted by Crippen LogP contribution is -2.28. The van der Waals surface area contributed by atoms with Crippen LogP contribution in [-0.4, -0.2) is 19.2 Å². The number of hydrogen-bond donors (Lipinski definition) is 1. The van der Waals surface area contributed by atoms with Crippen molar-refractivity contribution in [1.29, 1.82) is 0 Å². The van der Waals surface area contributed by atoms with Gasteiger partial charge in [0.2, 0.25) is 0 Å². The molecule has 15 heavy (non-hydrogen) atoms. The Morgan fingerprint density at radius 3 is 2.87 bits per heavy atom. The summed E-state index contributed by atoms with van der Waals surface area (Å²) in [5.74, 6) is 0.992. The predicted molar refractivity (Wildman–Crippen MR) is 62.4 cm³/mol. The Hall–Kier alpha value is -1.02. The molecule has 1 saturated heterocycles. The fourth-order valence-corrected chi connectivity index (χ4v) is 1.90. The molecule has 1 aromatic carbocycles. The van der Waals surface area contributed by atoms with Crippen molar-refractivity contribution < 1.29 is 4.74 Å². The molecule has 0 spiro atoms. The number of benzene rings is 1. The minimum atomic E-state index is 0.548. The SMILES string of the molecule is Cc1ccc(OCC2CCCN2)cc1C. The molecule has 1 unspecified atom stereocenters. The van der Waals surface area contributed by atoms with E-state index in [1.807, 2.05) is 0 Å². The van der Waals surface area contributed by atoms with Gasteiger partial charge in [-0.2, -0.15) is 0 Å². The van der Waals surface area contributed by atoms with Crippen molar-refractivity contribution in [3.8, 4) is 5.75 Å². The summed E-state index contributed by atoms with van der Waals surface area (Å²) in [5, 5.41) is 3.43. The highest BCUT2D eigenvalue weighted by Gasteiger charge is 2.14. The normalized spacial score (nSPS) is 20.5. The fraction of sp³-hybridized carbons (Fsp3) is 0.538. The van der Waals surface area contributed by atoms with Crippen LogP contribution in [0.1, 0.15) is 24.0 Å². The summed E-state index contributed by atoms with van der Waals surface area (Å²) in [5.41, 5.74) is 2.62. The predicted octanol–water partition coefficient (Wildman–Crippen LogP) is 2.43. The van der Waals surface area contributed by atoms with E-state index in [1.165, 1.54) is 24.0 Å². The molecule has 82 valence electrons. The van der Waals surface area contributed by atoms with Crippen LogP contribution in [0.3, 0.4) is 0 Å². The summed E-state index contributed by atoms with van der Waals surface area (Å²) in [7, 11) is 0. The third kappa shape index (κ3) is 2.72. The van der Waals surface area contributed by atoms with Crippen molar-refractivity contribution in [3.63, 3.8) is 0 Å². The van der Waals surface area contributed by atoms with Crippen LogP contribution in [-0.2, 0) is 0 Å². The van der Waals surface area contributed by atoms with Gasteiger partial charge in [-0.25, -0.2) is 0 Å². The first-order chi connectivity index (χ1) is 7.25. The van der Waals surface area contributed by atoms with E-state index in [0.29, 0.717) is 6.04 Å². The van der Waals surface area contributed by atoms with Crippen molar-refractivity contribution in [2.75, 3.05) is 13.2 Å². The summed E-state index contributed by atoms with van der Waals surface area (Å²) < 4.78 is 5.76. The van der Waals surface area contributed by atoms with Gasteiger partial charge in [0.05, 0.1) is 0 Å². The van der Waals surface area contributed by atoms with Crippen molar-refractivity contribution in [3.05, 3.63) is 29.3 Å². The molecule has 0 radical (unpaired) electrons. The molecule has 2 rings (SSSR count). The Morgan fingerprint density at radius 1 is 1.33 bits per heavy atom. The lowest BCUT2D eigenvalue weighted by atomic mass is 10.1. The number of aryl methyl sites for hydroxylation is 2. The molecule has 0 saturated carbocycles. The average molecular weight is 205 g/mol. The molecule has 1 aliphatic rings. The Morgan fingerprint density at radius 2 is 2.20 bits per heavy atom. The zero-order valence-electron chi connectivity index (χ0n) is 9.55. The van der Waals surface area contributed by atoms with E-state index in [2.05, 4.69) is 37.4 Å². The minimum absolute atomic E-state index is 0.548. The Labute approximate surface area is 91.6 Å². The Bertz CT molecular complexity index is 329. The minimum Gasteiger partial charge on any atom is -0.492 e. The highest BCUT2D eigenvalue weighted by Crippen LogP contribution is 2.17. The van der Waals surface area contributed by atoms with Crippen LogP contribution < -0.4 is 10.1 Å². The summed E-state index contributed by atoms with van der Waals surface area (Å²) in [4.78, 5) is 0. The van der Waals surface area contributed by atoms with Gasteiger partial charge in [0.1, 0.15) is 12.4 Å². The van der Waals surface area contributed by atoms with Gasteiger partial charge in [0.25, 0.3) is 0 Å². The molecular weight excluding hydrogens is 186 g/mol. The van der Waals surface area contributed by atoms with Gasteiger partial charge in [-0.15, -0.1) is 0 Å². The maximum absolute atomic E-state index is 5.76. The summed E-state index contributed by atoms with van der Waals surface area (Å²) in [6.07, 6.45) is 2.52. The number of ether oxygens (including phenoxy) is 1. The summed E-state index contributed by atoms with van der Waals surface area (Å²) in [6, 6.07) is 6.83. The molecule has 0 aliphatic carbocycles. The molecule has 1 N–H and O–H groups in total. The lowest BCUT2D eigenvalue weighted by molar-refractivity contribution is 0.277. The number of rotatable bonds is 3. The molecule has 2 nitrogen and oxygen atoms in total. The third-order valence-electron chi connectivity index (χ3n) is 3.09. The van der Waals surface area contributed by atoms with E-state index in [9.17, 15) is 0 Å². The maximum Gasteiger partial charge on any atom is 0.119 e. The molecule has 1 aromatic rings. The second kappa shape index (κ2) is 4.67. The molecule has 0 bridgehead atoms. The quantitative estimate of drug-likeness (QED) is 0.818. The first-order valence-electron chi connectivity index (χ1n) is 5.69. The fourth-order valence-electron chi connectivity index (χ4n) is 1.90. The first kappa shape index (κ1) is 10.5. The molecule has 1 fully saturated rings. The van der Waals surface area contributed by atoms with Crippen LogP contribution in [0.15, 0.2) is 18.2 Å². The standard InChI is InChI=1S/C13H19NO/c1-10-5-6-13(8-11(10)2)15-9-12-4-3-7-14-12/h5-6,8,12,14H,3-4,7,9H2,1-2H3. The largest absolute Gasteiger partial charge is 0.492 e. The van der Waals surface area contributed by atoms with E-state index in [-0.39, 0.29) is 0 Å². The molecule has 1 atom stereocenters. The highest BCUT2D eigenvalue weighted by atomic mass is 16.5. The van der Waals surface area contributed by atoms with Gasteiger partial charge < -0.3 is 10.1 Å². The van der Waals surface area contributed by atoms with Gasteiger partial charge in [-0.05, 0) is 56.5 Å². The first-order valence-corrected chi connectivity index (χ1v) is 5.69. The summed E-state index contributed by atoms with van der Waals surface area (Å²) in [6.45, 7) is 6.18. The van der Waals surface area contributed by atoms with Crippen LogP contribution in [0.25, 0.3) is 0 Å². The Kier molecular flexibility index (Phi) is 3.27. The van der Waals surface area contributed by atoms with Gasteiger partial charge in [0.15, 0.2) is 0 Å². The second-order valence-corrected chi connectivity index (χ2v) is 4.35. The van der Waals surface area contributed by atoms with E-state index in [1.54, 1.807) is 0 Å². The van der Waals surface area contributed by atoms with Crippen molar-refractivity contribution >= 4 is 0 Å². The van der Waals surface area contributed by atoms with Crippen LogP contribution in [0.4, 0.5) is 0 Å².